The van der Waals surface area contributed by atoms with Gasteiger partial charge in [0.1, 0.15) is 0 Å². The smallest absolute Gasteiger partial charge is 0.0113 e. The fraction of sp³-hybridized carbons (Fsp3) is 1.00. The topological polar surface area (TPSA) is 16.2 Å². The second-order valence-corrected chi connectivity index (χ2v) is 13.4. The lowest BCUT2D eigenvalue weighted by atomic mass is 9.83. The van der Waals surface area contributed by atoms with E-state index in [2.05, 4.69) is 94.0 Å². The van der Waals surface area contributed by atoms with Gasteiger partial charge in [-0.2, -0.15) is 0 Å². The van der Waals surface area contributed by atoms with Crippen LogP contribution in [0.3, 0.4) is 0 Å². The summed E-state index contributed by atoms with van der Waals surface area (Å²) < 4.78 is 0. The lowest BCUT2D eigenvalue weighted by Gasteiger charge is -2.39. The van der Waals surface area contributed by atoms with Crippen molar-refractivity contribution in [2.75, 3.05) is 86.1 Å². The Kier molecular flexibility index (Phi) is 19.5. The molecule has 1 unspecified atom stereocenters. The zero-order valence-electron chi connectivity index (χ0n) is 27.9. The average molecular weight is 538 g/mol. The molecule has 4 aliphatic heterocycles. The Bertz CT molecular complexity index is 528. The summed E-state index contributed by atoms with van der Waals surface area (Å²) in [5, 5.41) is 0. The van der Waals surface area contributed by atoms with Crippen molar-refractivity contribution in [3.8, 4) is 0 Å². The molecule has 38 heavy (non-hydrogen) atoms. The van der Waals surface area contributed by atoms with Gasteiger partial charge in [0.25, 0.3) is 0 Å². The number of nitrogens with zero attached hydrogens (tertiary/aromatic N) is 5. The van der Waals surface area contributed by atoms with E-state index in [9.17, 15) is 0 Å². The van der Waals surface area contributed by atoms with E-state index in [-0.39, 0.29) is 0 Å². The SMILES string of the molecule is CC(C)N1CCC(C2CCN(C)C2)CC1.CC(C)N1CCN(CC2CCN(C)CC2)CC1.CCC.CCC. The van der Waals surface area contributed by atoms with Gasteiger partial charge in [-0.15, -0.1) is 0 Å². The van der Waals surface area contributed by atoms with E-state index in [1.165, 1.54) is 117 Å². The van der Waals surface area contributed by atoms with Gasteiger partial charge in [0, 0.05) is 51.4 Å². The summed E-state index contributed by atoms with van der Waals surface area (Å²) in [6.45, 7) is 32.2. The highest BCUT2D eigenvalue weighted by molar-refractivity contribution is 4.84. The predicted octanol–water partition coefficient (Wildman–Crippen LogP) is 6.25. The van der Waals surface area contributed by atoms with Gasteiger partial charge in [-0.1, -0.05) is 40.5 Å². The molecule has 5 nitrogen and oxygen atoms in total. The van der Waals surface area contributed by atoms with Gasteiger partial charge in [0.05, 0.1) is 0 Å². The molecule has 0 N–H and O–H groups in total. The molecule has 4 fully saturated rings. The van der Waals surface area contributed by atoms with Crippen LogP contribution in [0.2, 0.25) is 0 Å². The van der Waals surface area contributed by atoms with Crippen molar-refractivity contribution in [1.29, 1.82) is 0 Å². The molecule has 0 aromatic carbocycles. The zero-order valence-corrected chi connectivity index (χ0v) is 27.9. The van der Waals surface area contributed by atoms with Crippen molar-refractivity contribution in [2.45, 2.75) is 112 Å². The summed E-state index contributed by atoms with van der Waals surface area (Å²) in [6.07, 6.45) is 9.64. The molecular weight excluding hydrogens is 466 g/mol. The van der Waals surface area contributed by atoms with Crippen LogP contribution in [0.25, 0.3) is 0 Å². The van der Waals surface area contributed by atoms with Crippen LogP contribution in [-0.4, -0.2) is 123 Å². The van der Waals surface area contributed by atoms with Gasteiger partial charge in [0.2, 0.25) is 0 Å². The van der Waals surface area contributed by atoms with Crippen LogP contribution in [0.4, 0.5) is 0 Å². The highest BCUT2D eigenvalue weighted by atomic mass is 15.3. The first-order chi connectivity index (χ1) is 18.1. The molecule has 228 valence electrons. The van der Waals surface area contributed by atoms with Crippen LogP contribution in [0.5, 0.6) is 0 Å². The largest absolute Gasteiger partial charge is 0.306 e. The molecule has 4 rings (SSSR count). The highest BCUT2D eigenvalue weighted by Crippen LogP contribution is 2.31. The molecule has 0 aromatic rings. The second kappa shape index (κ2) is 20.6. The van der Waals surface area contributed by atoms with Crippen molar-refractivity contribution >= 4 is 0 Å². The van der Waals surface area contributed by atoms with Crippen LogP contribution in [0.1, 0.15) is 100 Å². The van der Waals surface area contributed by atoms with Crippen LogP contribution in [0, 0.1) is 17.8 Å². The molecule has 0 aliphatic carbocycles. The summed E-state index contributed by atoms with van der Waals surface area (Å²) in [5.41, 5.74) is 0. The first-order valence-electron chi connectivity index (χ1n) is 16.7. The number of rotatable bonds is 5. The third kappa shape index (κ3) is 14.4. The number of piperidine rings is 2. The molecule has 4 heterocycles. The van der Waals surface area contributed by atoms with Crippen LogP contribution in [0.15, 0.2) is 0 Å². The van der Waals surface area contributed by atoms with E-state index in [0.29, 0.717) is 0 Å². The molecule has 4 saturated heterocycles. The molecule has 0 spiro atoms. The number of piperazine rings is 1. The maximum atomic E-state index is 2.69. The Morgan fingerprint density at radius 3 is 1.37 bits per heavy atom. The summed E-state index contributed by atoms with van der Waals surface area (Å²) in [5.74, 6) is 2.98. The van der Waals surface area contributed by atoms with Crippen molar-refractivity contribution in [1.82, 2.24) is 24.5 Å². The standard InChI is InChI=1S/C14H29N3.C13H26N2.2C3H8/c1-13(2)17-10-8-16(9-11-17)12-14-4-6-15(3)7-5-14;1-11(2)15-8-5-12(6-9-15)13-4-7-14(3)10-13;2*1-3-2/h13-14H,4-12H2,1-3H3;11-13H,4-10H2,1-3H3;2*3H2,1-2H3. The van der Waals surface area contributed by atoms with Gasteiger partial charge < -0.3 is 19.6 Å². The molecular formula is C33H71N5. The Balaban J connectivity index is 0.000000317. The van der Waals surface area contributed by atoms with Crippen LogP contribution in [-0.2, 0) is 0 Å². The predicted molar refractivity (Wildman–Crippen MR) is 170 cm³/mol. The highest BCUT2D eigenvalue weighted by Gasteiger charge is 2.31. The van der Waals surface area contributed by atoms with E-state index < -0.39 is 0 Å². The third-order valence-electron chi connectivity index (χ3n) is 8.89. The van der Waals surface area contributed by atoms with Gasteiger partial charge in [-0.05, 0) is 124 Å². The molecule has 1 atom stereocenters. The van der Waals surface area contributed by atoms with E-state index in [1.54, 1.807) is 0 Å². The summed E-state index contributed by atoms with van der Waals surface area (Å²) >= 11 is 0. The molecule has 0 amide bonds. The zero-order chi connectivity index (χ0) is 28.5. The normalized spacial score (nSPS) is 25.4. The van der Waals surface area contributed by atoms with Crippen molar-refractivity contribution in [2.24, 2.45) is 17.8 Å². The molecule has 0 bridgehead atoms. The molecule has 0 saturated carbocycles. The average Bonchev–Trinajstić information content (AvgIpc) is 3.33. The monoisotopic (exact) mass is 538 g/mol. The van der Waals surface area contributed by atoms with Crippen molar-refractivity contribution < 1.29 is 0 Å². The van der Waals surface area contributed by atoms with E-state index in [4.69, 9.17) is 0 Å². The van der Waals surface area contributed by atoms with Crippen LogP contribution < -0.4 is 0 Å². The Labute approximate surface area is 240 Å². The maximum absolute atomic E-state index is 2.69. The first kappa shape index (κ1) is 35.8. The minimum Gasteiger partial charge on any atom is -0.306 e. The molecule has 5 heteroatoms. The van der Waals surface area contributed by atoms with Crippen molar-refractivity contribution in [3.63, 3.8) is 0 Å². The van der Waals surface area contributed by atoms with Gasteiger partial charge in [0.15, 0.2) is 0 Å². The second-order valence-electron chi connectivity index (χ2n) is 13.4. The lowest BCUT2D eigenvalue weighted by Crippen LogP contribution is -2.50. The third-order valence-corrected chi connectivity index (χ3v) is 8.89. The lowest BCUT2D eigenvalue weighted by molar-refractivity contribution is 0.0843. The Hall–Kier alpha value is -0.200. The minimum atomic E-state index is 0.723. The number of hydrogen-bond donors (Lipinski definition) is 0. The van der Waals surface area contributed by atoms with Gasteiger partial charge >= 0.3 is 0 Å². The van der Waals surface area contributed by atoms with Gasteiger partial charge in [-0.3, -0.25) is 4.90 Å². The summed E-state index contributed by atoms with van der Waals surface area (Å²) in [4.78, 5) is 12.9. The quantitative estimate of drug-likeness (QED) is 0.411. The number of likely N-dealkylation sites (tertiary alicyclic amines) is 3. The fourth-order valence-electron chi connectivity index (χ4n) is 6.33. The van der Waals surface area contributed by atoms with Crippen LogP contribution >= 0.6 is 0 Å². The van der Waals surface area contributed by atoms with Gasteiger partial charge in [-0.25, -0.2) is 0 Å². The maximum Gasteiger partial charge on any atom is 0.0113 e. The Morgan fingerprint density at radius 2 is 0.947 bits per heavy atom. The summed E-state index contributed by atoms with van der Waals surface area (Å²) in [7, 11) is 4.51. The number of hydrogen-bond acceptors (Lipinski definition) is 5. The first-order valence-corrected chi connectivity index (χ1v) is 16.7. The van der Waals surface area contributed by atoms with E-state index >= 15 is 0 Å². The van der Waals surface area contributed by atoms with E-state index in [1.807, 2.05) is 0 Å². The fourth-order valence-corrected chi connectivity index (χ4v) is 6.33. The molecule has 0 radical (unpaired) electrons. The summed E-state index contributed by atoms with van der Waals surface area (Å²) in [6, 6.07) is 1.47. The Morgan fingerprint density at radius 1 is 0.526 bits per heavy atom. The van der Waals surface area contributed by atoms with E-state index in [0.717, 1.165) is 29.8 Å². The molecule has 0 aromatic heterocycles. The molecule has 4 aliphatic rings. The minimum absolute atomic E-state index is 0.723. The van der Waals surface area contributed by atoms with Crippen molar-refractivity contribution in [3.05, 3.63) is 0 Å².